The average Bonchev–Trinajstić information content (AvgIpc) is 0.997. The molecule has 0 aliphatic carbocycles. The summed E-state index contributed by atoms with van der Waals surface area (Å²) in [4.78, 5) is 72.9. The summed E-state index contributed by atoms with van der Waals surface area (Å²) in [5, 5.41) is 10.6. The largest absolute Gasteiger partial charge is 0.472 e. The molecule has 3 N–H and O–H groups in total. The average molecular weight is 1420 g/mol. The minimum absolute atomic E-state index is 0.106. The maximum atomic E-state index is 13.1. The number of phosphoric acid groups is 2. The quantitative estimate of drug-likeness (QED) is 0.0222. The Bertz CT molecular complexity index is 1870. The van der Waals surface area contributed by atoms with Gasteiger partial charge in [0.05, 0.1) is 26.4 Å². The summed E-state index contributed by atoms with van der Waals surface area (Å²) in [5.41, 5.74) is 0. The van der Waals surface area contributed by atoms with E-state index in [2.05, 4.69) is 41.5 Å². The molecule has 5 atom stereocenters. The minimum Gasteiger partial charge on any atom is -0.462 e. The fourth-order valence-electron chi connectivity index (χ4n) is 12.0. The minimum atomic E-state index is -4.96. The van der Waals surface area contributed by atoms with Crippen LogP contribution >= 0.6 is 15.6 Å². The number of hydrogen-bond donors (Lipinski definition) is 3. The van der Waals surface area contributed by atoms with E-state index >= 15 is 0 Å². The molecule has 576 valence electrons. The summed E-state index contributed by atoms with van der Waals surface area (Å²) >= 11 is 0. The van der Waals surface area contributed by atoms with E-state index < -0.39 is 97.5 Å². The second-order valence-corrected chi connectivity index (χ2v) is 32.0. The molecule has 0 saturated carbocycles. The molecule has 0 heterocycles. The SMILES string of the molecule is CCCCCCCCCCCCCCCCCCCCC(=O)O[C@H](COC(=O)CCCCCCCCCCCCCCCCC(C)C)COP(=O)(O)OC[C@@H](O)COP(=O)(O)OC[C@@H](COC(=O)CCCCCCCCCCCC)OC(=O)CCCCCCCCCCCC(C)C. The molecule has 0 bridgehead atoms. The number of carbonyl (C=O) groups excluding carboxylic acids is 4. The number of rotatable bonds is 77. The summed E-state index contributed by atoms with van der Waals surface area (Å²) in [6.45, 7) is 9.61. The second-order valence-electron chi connectivity index (χ2n) is 29.1. The van der Waals surface area contributed by atoms with Gasteiger partial charge >= 0.3 is 39.5 Å². The molecule has 0 aromatic rings. The zero-order valence-electron chi connectivity index (χ0n) is 63.4. The van der Waals surface area contributed by atoms with E-state index in [1.165, 1.54) is 225 Å². The van der Waals surface area contributed by atoms with Crippen molar-refractivity contribution in [1.29, 1.82) is 0 Å². The molecule has 2 unspecified atom stereocenters. The third-order valence-electron chi connectivity index (χ3n) is 18.2. The van der Waals surface area contributed by atoms with Gasteiger partial charge in [-0.05, 0) is 37.5 Å². The number of phosphoric ester groups is 2. The lowest BCUT2D eigenvalue weighted by molar-refractivity contribution is -0.161. The van der Waals surface area contributed by atoms with Crippen LogP contribution in [0.3, 0.4) is 0 Å². The lowest BCUT2D eigenvalue weighted by Gasteiger charge is -2.21. The van der Waals surface area contributed by atoms with Crippen molar-refractivity contribution in [2.24, 2.45) is 11.8 Å². The monoisotopic (exact) mass is 1420 g/mol. The van der Waals surface area contributed by atoms with Crippen LogP contribution in [-0.4, -0.2) is 96.7 Å². The van der Waals surface area contributed by atoms with Crippen molar-refractivity contribution < 1.29 is 80.2 Å². The standard InChI is InChI=1S/C78H152O17P2/c1-7-9-11-13-15-17-19-20-21-22-23-24-29-32-38-44-50-56-62-77(82)94-73(67-89-76(81)61-55-49-43-37-31-28-26-25-27-30-34-40-46-52-58-70(3)4)68-92-96(84,85)90-64-72(79)65-91-97(86,87)93-69-74(66-88-75(80)60-54-48-42-36-18-16-14-12-10-8-2)95-78(83)63-57-51-45-39-33-35-41-47-53-59-71(5)6/h70-74,79H,7-69H2,1-6H3,(H,84,85)(H,86,87)/t72-,73-,74-/m1/s1. The summed E-state index contributed by atoms with van der Waals surface area (Å²) in [5.74, 6) is -0.577. The van der Waals surface area contributed by atoms with Gasteiger partial charge in [-0.2, -0.15) is 0 Å². The molecule has 0 aliphatic rings. The van der Waals surface area contributed by atoms with Crippen LogP contribution in [0.2, 0.25) is 0 Å². The zero-order chi connectivity index (χ0) is 71.4. The predicted octanol–water partition coefficient (Wildman–Crippen LogP) is 23.1. The van der Waals surface area contributed by atoms with Crippen molar-refractivity contribution in [3.05, 3.63) is 0 Å². The van der Waals surface area contributed by atoms with Crippen LogP contribution in [-0.2, 0) is 65.4 Å². The van der Waals surface area contributed by atoms with Gasteiger partial charge < -0.3 is 33.8 Å². The van der Waals surface area contributed by atoms with Crippen molar-refractivity contribution >= 4 is 39.5 Å². The van der Waals surface area contributed by atoms with Crippen LogP contribution in [0.1, 0.15) is 408 Å². The van der Waals surface area contributed by atoms with E-state index in [4.69, 9.17) is 37.0 Å². The molecule has 0 amide bonds. The first-order valence-corrected chi connectivity index (χ1v) is 43.5. The van der Waals surface area contributed by atoms with E-state index in [1.807, 2.05) is 0 Å². The molecule has 17 nitrogen and oxygen atoms in total. The van der Waals surface area contributed by atoms with Gasteiger partial charge in [0, 0.05) is 25.7 Å². The van der Waals surface area contributed by atoms with Gasteiger partial charge in [0.2, 0.25) is 0 Å². The molecule has 0 fully saturated rings. The number of hydrogen-bond acceptors (Lipinski definition) is 15. The van der Waals surface area contributed by atoms with E-state index in [9.17, 15) is 43.2 Å². The Hall–Kier alpha value is -1.94. The van der Waals surface area contributed by atoms with E-state index in [1.54, 1.807) is 0 Å². The summed E-state index contributed by atoms with van der Waals surface area (Å²) in [6, 6.07) is 0. The van der Waals surface area contributed by atoms with Crippen molar-refractivity contribution in [3.8, 4) is 0 Å². The predicted molar refractivity (Wildman–Crippen MR) is 395 cm³/mol. The van der Waals surface area contributed by atoms with Crippen LogP contribution < -0.4 is 0 Å². The van der Waals surface area contributed by atoms with Gasteiger partial charge in [0.1, 0.15) is 19.3 Å². The first kappa shape index (κ1) is 95.1. The van der Waals surface area contributed by atoms with Crippen LogP contribution in [0.25, 0.3) is 0 Å². The molecule has 0 aromatic heterocycles. The Labute approximate surface area is 594 Å². The molecule has 0 saturated heterocycles. The summed E-state index contributed by atoms with van der Waals surface area (Å²) in [6.07, 6.45) is 58.2. The van der Waals surface area contributed by atoms with Gasteiger partial charge in [-0.1, -0.05) is 356 Å². The number of unbranched alkanes of at least 4 members (excludes halogenated alkanes) is 47. The lowest BCUT2D eigenvalue weighted by atomic mass is 10.0. The first-order chi connectivity index (χ1) is 46.9. The third-order valence-corrected chi connectivity index (χ3v) is 20.1. The maximum Gasteiger partial charge on any atom is 0.472 e. The van der Waals surface area contributed by atoms with Crippen molar-refractivity contribution in [2.45, 2.75) is 426 Å². The molecular weight excluding hydrogens is 1270 g/mol. The smallest absolute Gasteiger partial charge is 0.462 e. The van der Waals surface area contributed by atoms with Gasteiger partial charge in [-0.3, -0.25) is 37.3 Å². The molecule has 0 aromatic carbocycles. The highest BCUT2D eigenvalue weighted by molar-refractivity contribution is 7.47. The molecular formula is C78H152O17P2. The van der Waals surface area contributed by atoms with Crippen molar-refractivity contribution in [1.82, 2.24) is 0 Å². The van der Waals surface area contributed by atoms with Crippen LogP contribution in [0.4, 0.5) is 0 Å². The summed E-state index contributed by atoms with van der Waals surface area (Å²) in [7, 11) is -9.91. The van der Waals surface area contributed by atoms with Crippen LogP contribution in [0.5, 0.6) is 0 Å². The van der Waals surface area contributed by atoms with Gasteiger partial charge in [-0.25, -0.2) is 9.13 Å². The highest BCUT2D eigenvalue weighted by atomic mass is 31.2. The highest BCUT2D eigenvalue weighted by Gasteiger charge is 2.30. The molecule has 0 radical (unpaired) electrons. The second kappa shape index (κ2) is 69.8. The zero-order valence-corrected chi connectivity index (χ0v) is 65.2. The van der Waals surface area contributed by atoms with Gasteiger partial charge in [0.15, 0.2) is 12.2 Å². The van der Waals surface area contributed by atoms with Crippen LogP contribution in [0, 0.1) is 11.8 Å². The number of carbonyl (C=O) groups is 4. The Morgan fingerprint density at radius 2 is 0.474 bits per heavy atom. The van der Waals surface area contributed by atoms with Gasteiger partial charge in [-0.15, -0.1) is 0 Å². The first-order valence-electron chi connectivity index (χ1n) is 40.5. The molecule has 0 spiro atoms. The molecule has 0 rings (SSSR count). The number of ether oxygens (including phenoxy) is 4. The van der Waals surface area contributed by atoms with Crippen LogP contribution in [0.15, 0.2) is 0 Å². The highest BCUT2D eigenvalue weighted by Crippen LogP contribution is 2.45. The Balaban J connectivity index is 5.23. The Kier molecular flexibility index (Phi) is 68.4. The van der Waals surface area contributed by atoms with Crippen molar-refractivity contribution in [3.63, 3.8) is 0 Å². The van der Waals surface area contributed by atoms with Gasteiger partial charge in [0.25, 0.3) is 0 Å². The third kappa shape index (κ3) is 72.2. The maximum absolute atomic E-state index is 13.1. The molecule has 19 heteroatoms. The Morgan fingerprint density at radius 1 is 0.278 bits per heavy atom. The fourth-order valence-corrected chi connectivity index (χ4v) is 13.6. The fraction of sp³-hybridized carbons (Fsp3) is 0.949. The normalized spacial score (nSPS) is 14.0. The van der Waals surface area contributed by atoms with E-state index in [-0.39, 0.29) is 25.7 Å². The molecule has 97 heavy (non-hydrogen) atoms. The summed E-state index contributed by atoms with van der Waals surface area (Å²) < 4.78 is 68.6. The number of aliphatic hydroxyl groups excluding tert-OH is 1. The number of aliphatic hydroxyl groups is 1. The number of esters is 4. The van der Waals surface area contributed by atoms with E-state index in [0.717, 1.165) is 102 Å². The Morgan fingerprint density at radius 3 is 0.701 bits per heavy atom. The molecule has 0 aliphatic heterocycles. The van der Waals surface area contributed by atoms with E-state index in [0.29, 0.717) is 25.7 Å². The lowest BCUT2D eigenvalue weighted by Crippen LogP contribution is -2.30. The van der Waals surface area contributed by atoms with Crippen molar-refractivity contribution in [2.75, 3.05) is 39.6 Å². The topological polar surface area (TPSA) is 237 Å².